The van der Waals surface area contributed by atoms with Crippen molar-refractivity contribution in [1.82, 2.24) is 9.88 Å². The Balaban J connectivity index is 2.12. The van der Waals surface area contributed by atoms with Crippen LogP contribution in [0.25, 0.3) is 0 Å². The summed E-state index contributed by atoms with van der Waals surface area (Å²) in [4.78, 5) is 6.59. The molecule has 1 aromatic rings. The number of nitriles is 1. The van der Waals surface area contributed by atoms with E-state index in [1.165, 1.54) is 25.7 Å². The van der Waals surface area contributed by atoms with Crippen LogP contribution in [0.1, 0.15) is 38.2 Å². The molecule has 1 fully saturated rings. The SMILES string of the molecule is CC1CCCC(CNc2cc(C#N)cc(Cl)n2)(N(C)C)C1. The maximum Gasteiger partial charge on any atom is 0.132 e. The van der Waals surface area contributed by atoms with Gasteiger partial charge in [0.15, 0.2) is 0 Å². The lowest BCUT2D eigenvalue weighted by Gasteiger charge is -2.45. The zero-order valence-corrected chi connectivity index (χ0v) is 13.7. The van der Waals surface area contributed by atoms with E-state index >= 15 is 0 Å². The predicted molar refractivity (Wildman–Crippen MR) is 86.5 cm³/mol. The molecule has 1 heterocycles. The molecule has 0 radical (unpaired) electrons. The number of aromatic nitrogens is 1. The molecule has 1 saturated carbocycles. The number of hydrogen-bond acceptors (Lipinski definition) is 4. The summed E-state index contributed by atoms with van der Waals surface area (Å²) in [6.07, 6.45) is 4.93. The van der Waals surface area contributed by atoms with Crippen LogP contribution < -0.4 is 5.32 Å². The Hall–Kier alpha value is -1.31. The van der Waals surface area contributed by atoms with E-state index < -0.39 is 0 Å². The Bertz CT molecular complexity index is 538. The number of likely N-dealkylation sites (N-methyl/N-ethyl adjacent to an activating group) is 1. The molecule has 1 N–H and O–H groups in total. The average Bonchev–Trinajstić information content (AvgIpc) is 2.44. The summed E-state index contributed by atoms with van der Waals surface area (Å²) in [6.45, 7) is 3.14. The van der Waals surface area contributed by atoms with E-state index in [9.17, 15) is 0 Å². The molecule has 2 atom stereocenters. The molecule has 0 bridgehead atoms. The van der Waals surface area contributed by atoms with Crippen molar-refractivity contribution in [3.05, 3.63) is 22.8 Å². The Morgan fingerprint density at radius 3 is 2.90 bits per heavy atom. The lowest BCUT2D eigenvalue weighted by Crippen LogP contribution is -2.52. The van der Waals surface area contributed by atoms with Gasteiger partial charge in [-0.25, -0.2) is 4.98 Å². The van der Waals surface area contributed by atoms with Gasteiger partial charge in [-0.3, -0.25) is 0 Å². The fraction of sp³-hybridized carbons (Fsp3) is 0.625. The highest BCUT2D eigenvalue weighted by atomic mass is 35.5. The summed E-state index contributed by atoms with van der Waals surface area (Å²) in [6, 6.07) is 5.44. The minimum absolute atomic E-state index is 0.147. The molecule has 1 aromatic heterocycles. The summed E-state index contributed by atoms with van der Waals surface area (Å²) in [5.41, 5.74) is 0.683. The van der Waals surface area contributed by atoms with Gasteiger partial charge in [0.05, 0.1) is 11.6 Å². The monoisotopic (exact) mass is 306 g/mol. The van der Waals surface area contributed by atoms with Crippen molar-refractivity contribution in [3.8, 4) is 6.07 Å². The van der Waals surface area contributed by atoms with Gasteiger partial charge in [-0.2, -0.15) is 5.26 Å². The van der Waals surface area contributed by atoms with E-state index in [-0.39, 0.29) is 5.54 Å². The quantitative estimate of drug-likeness (QED) is 0.865. The Labute approximate surface area is 132 Å². The largest absolute Gasteiger partial charge is 0.368 e. The molecule has 2 rings (SSSR count). The topological polar surface area (TPSA) is 52.0 Å². The van der Waals surface area contributed by atoms with Crippen molar-refractivity contribution in [2.45, 2.75) is 38.1 Å². The first-order chi connectivity index (χ1) is 9.95. The summed E-state index contributed by atoms with van der Waals surface area (Å²) < 4.78 is 0. The van der Waals surface area contributed by atoms with Gasteiger partial charge < -0.3 is 10.2 Å². The summed E-state index contributed by atoms with van der Waals surface area (Å²) >= 11 is 5.96. The van der Waals surface area contributed by atoms with Crippen LogP contribution >= 0.6 is 11.6 Å². The first-order valence-electron chi connectivity index (χ1n) is 7.44. The van der Waals surface area contributed by atoms with Crippen molar-refractivity contribution in [2.24, 2.45) is 5.92 Å². The van der Waals surface area contributed by atoms with Gasteiger partial charge in [0.25, 0.3) is 0 Å². The normalized spacial score (nSPS) is 25.6. The first-order valence-corrected chi connectivity index (χ1v) is 7.82. The van der Waals surface area contributed by atoms with Crippen LogP contribution in [0.2, 0.25) is 5.15 Å². The maximum atomic E-state index is 9.00. The van der Waals surface area contributed by atoms with Gasteiger partial charge >= 0.3 is 0 Å². The lowest BCUT2D eigenvalue weighted by atomic mass is 9.75. The molecule has 0 amide bonds. The molecule has 0 aromatic carbocycles. The minimum Gasteiger partial charge on any atom is -0.368 e. The maximum absolute atomic E-state index is 9.00. The third kappa shape index (κ3) is 3.87. The Morgan fingerprint density at radius 2 is 2.29 bits per heavy atom. The second-order valence-electron chi connectivity index (χ2n) is 6.35. The van der Waals surface area contributed by atoms with Crippen LogP contribution in [0.4, 0.5) is 5.82 Å². The van der Waals surface area contributed by atoms with Gasteiger partial charge in [-0.1, -0.05) is 31.4 Å². The van der Waals surface area contributed by atoms with Crippen molar-refractivity contribution in [1.29, 1.82) is 5.26 Å². The average molecular weight is 307 g/mol. The Morgan fingerprint density at radius 1 is 1.52 bits per heavy atom. The zero-order valence-electron chi connectivity index (χ0n) is 13.0. The third-order valence-corrected chi connectivity index (χ3v) is 4.73. The van der Waals surface area contributed by atoms with E-state index in [0.29, 0.717) is 16.5 Å². The van der Waals surface area contributed by atoms with Gasteiger partial charge in [-0.05, 0) is 45.0 Å². The second kappa shape index (κ2) is 6.64. The number of anilines is 1. The van der Waals surface area contributed by atoms with Crippen molar-refractivity contribution < 1.29 is 0 Å². The molecule has 21 heavy (non-hydrogen) atoms. The number of rotatable bonds is 4. The number of nitrogens with one attached hydrogen (secondary N) is 1. The molecule has 0 spiro atoms. The van der Waals surface area contributed by atoms with E-state index in [2.05, 4.69) is 42.3 Å². The molecule has 1 aliphatic carbocycles. The van der Waals surface area contributed by atoms with Crippen molar-refractivity contribution >= 4 is 17.4 Å². The highest BCUT2D eigenvalue weighted by Crippen LogP contribution is 2.35. The fourth-order valence-electron chi connectivity index (χ4n) is 3.26. The van der Waals surface area contributed by atoms with Gasteiger partial charge in [-0.15, -0.1) is 0 Å². The van der Waals surface area contributed by atoms with Crippen LogP contribution in [0.5, 0.6) is 0 Å². The Kier molecular flexibility index (Phi) is 5.08. The van der Waals surface area contributed by atoms with E-state index in [0.717, 1.165) is 12.5 Å². The smallest absolute Gasteiger partial charge is 0.132 e. The zero-order chi connectivity index (χ0) is 15.5. The molecular weight excluding hydrogens is 284 g/mol. The van der Waals surface area contributed by atoms with Crippen molar-refractivity contribution in [3.63, 3.8) is 0 Å². The fourth-order valence-corrected chi connectivity index (χ4v) is 3.47. The third-order valence-electron chi connectivity index (χ3n) is 4.54. The van der Waals surface area contributed by atoms with Crippen LogP contribution in [-0.4, -0.2) is 36.1 Å². The molecule has 0 saturated heterocycles. The molecule has 114 valence electrons. The molecular formula is C16H23ClN4. The number of nitrogens with zero attached hydrogens (tertiary/aromatic N) is 3. The summed E-state index contributed by atoms with van der Waals surface area (Å²) in [7, 11) is 4.29. The van der Waals surface area contributed by atoms with Crippen LogP contribution in [0, 0.1) is 17.2 Å². The van der Waals surface area contributed by atoms with E-state index in [1.54, 1.807) is 12.1 Å². The molecule has 5 heteroatoms. The second-order valence-corrected chi connectivity index (χ2v) is 6.74. The standard InChI is InChI=1S/C16H23ClN4/c1-12-5-4-6-16(9-12,21(2)3)11-19-15-8-13(10-18)7-14(17)20-15/h7-8,12H,4-6,9,11H2,1-3H3,(H,19,20). The minimum atomic E-state index is 0.147. The van der Waals surface area contributed by atoms with Gasteiger partial charge in [0, 0.05) is 12.1 Å². The summed E-state index contributed by atoms with van der Waals surface area (Å²) in [5.74, 6) is 1.42. The van der Waals surface area contributed by atoms with Gasteiger partial charge in [0.1, 0.15) is 11.0 Å². The first kappa shape index (κ1) is 16.1. The molecule has 0 aliphatic heterocycles. The molecule has 4 nitrogen and oxygen atoms in total. The van der Waals surface area contributed by atoms with Crippen LogP contribution in [0.3, 0.4) is 0 Å². The molecule has 1 aliphatic rings. The number of pyridine rings is 1. The highest BCUT2D eigenvalue weighted by molar-refractivity contribution is 6.29. The van der Waals surface area contributed by atoms with Gasteiger partial charge in [0.2, 0.25) is 0 Å². The lowest BCUT2D eigenvalue weighted by molar-refractivity contribution is 0.0881. The van der Waals surface area contributed by atoms with E-state index in [4.69, 9.17) is 16.9 Å². The predicted octanol–water partition coefficient (Wildman–Crippen LogP) is 3.53. The van der Waals surface area contributed by atoms with E-state index in [1.807, 2.05) is 0 Å². The highest BCUT2D eigenvalue weighted by Gasteiger charge is 2.36. The van der Waals surface area contributed by atoms with Crippen LogP contribution in [-0.2, 0) is 0 Å². The summed E-state index contributed by atoms with van der Waals surface area (Å²) in [5, 5.41) is 12.7. The number of hydrogen-bond donors (Lipinski definition) is 1. The molecule has 2 unspecified atom stereocenters. The van der Waals surface area contributed by atoms with Crippen molar-refractivity contribution in [2.75, 3.05) is 26.0 Å². The number of halogens is 1. The van der Waals surface area contributed by atoms with Crippen LogP contribution in [0.15, 0.2) is 12.1 Å².